The molecule has 7 heteroatoms. The number of nitrogens with one attached hydrogen (secondary N) is 1. The Hall–Kier alpha value is -0.790. The predicted molar refractivity (Wildman–Crippen MR) is 100 cm³/mol. The largest absolute Gasteiger partial charge is 0.379 e. The number of thioether (sulfide) groups is 1. The molecule has 2 aromatic rings. The van der Waals surface area contributed by atoms with Gasteiger partial charge >= 0.3 is 0 Å². The molecule has 3 heterocycles. The van der Waals surface area contributed by atoms with Crippen LogP contribution in [-0.4, -0.2) is 15.9 Å². The summed E-state index contributed by atoms with van der Waals surface area (Å²) in [6.07, 6.45) is 0.733. The number of halogens is 1. The van der Waals surface area contributed by atoms with Crippen LogP contribution in [0.3, 0.4) is 0 Å². The minimum atomic E-state index is -0.437. The topological polar surface area (TPSA) is 77.0 Å². The van der Waals surface area contributed by atoms with Crippen molar-refractivity contribution in [2.24, 2.45) is 11.5 Å². The van der Waals surface area contributed by atoms with Crippen molar-refractivity contribution < 1.29 is 0 Å². The third kappa shape index (κ3) is 3.51. The number of rotatable bonds is 5. The molecule has 0 amide bonds. The summed E-state index contributed by atoms with van der Waals surface area (Å²) in [6, 6.07) is 6.09. The van der Waals surface area contributed by atoms with Crippen molar-refractivity contribution in [2.45, 2.75) is 48.5 Å². The Balaban J connectivity index is 1.89. The van der Waals surface area contributed by atoms with Crippen LogP contribution < -0.4 is 16.8 Å². The summed E-state index contributed by atoms with van der Waals surface area (Å²) in [5.41, 5.74) is 14.6. The Labute approximate surface area is 150 Å². The lowest BCUT2D eigenvalue weighted by molar-refractivity contribution is 0.448. The van der Waals surface area contributed by atoms with E-state index in [1.807, 2.05) is 13.0 Å². The first-order chi connectivity index (χ1) is 10.9. The normalized spacial score (nSPS) is 24.5. The Morgan fingerprint density at radius 2 is 2.30 bits per heavy atom. The van der Waals surface area contributed by atoms with Gasteiger partial charge in [-0.2, -0.15) is 0 Å². The molecular weight excluding hydrogens is 348 g/mol. The van der Waals surface area contributed by atoms with Crippen LogP contribution >= 0.6 is 34.7 Å². The zero-order chi connectivity index (χ0) is 16.6. The van der Waals surface area contributed by atoms with Crippen LogP contribution in [0.15, 0.2) is 28.5 Å². The lowest BCUT2D eigenvalue weighted by Gasteiger charge is -2.29. The van der Waals surface area contributed by atoms with E-state index in [1.165, 1.54) is 4.88 Å². The fourth-order valence-electron chi connectivity index (χ4n) is 2.88. The van der Waals surface area contributed by atoms with Crippen LogP contribution in [0.25, 0.3) is 0 Å². The van der Waals surface area contributed by atoms with Crippen molar-refractivity contribution in [3.05, 3.63) is 39.3 Å². The minimum Gasteiger partial charge on any atom is -0.379 e. The second kappa shape index (κ2) is 6.61. The van der Waals surface area contributed by atoms with E-state index in [0.29, 0.717) is 5.15 Å². The maximum atomic E-state index is 6.64. The molecule has 124 valence electrons. The Bertz CT molecular complexity index is 690. The minimum absolute atomic E-state index is 0.0438. The number of anilines is 1. The van der Waals surface area contributed by atoms with Crippen molar-refractivity contribution in [2.75, 3.05) is 5.32 Å². The molecule has 2 aromatic heterocycles. The molecule has 0 saturated heterocycles. The van der Waals surface area contributed by atoms with E-state index >= 15 is 0 Å². The molecule has 0 radical (unpaired) electrons. The molecule has 0 bridgehead atoms. The standard InChI is InChI=1S/C16H21ClN4S2/c1-9(18)7-16(19)10(2)14-15(23-16)12(6-13(17)21-14)20-8-11-4-3-5-22-11/h3-6,9-10H,7-8,18-19H2,1-2H3,(H,20,21)/t9-,10?,16?/m1/s1. The lowest BCUT2D eigenvalue weighted by Crippen LogP contribution is -2.43. The molecule has 3 atom stereocenters. The average molecular weight is 369 g/mol. The number of pyridine rings is 1. The second-order valence-electron chi connectivity index (χ2n) is 6.10. The maximum absolute atomic E-state index is 6.64. The highest BCUT2D eigenvalue weighted by Crippen LogP contribution is 2.54. The molecule has 0 fully saturated rings. The SMILES string of the molecule is CC1c2nc(Cl)cc(NCc3cccs3)c2SC1(N)C[C@@H](C)N. The predicted octanol–water partition coefficient (Wildman–Crippen LogP) is 4.01. The van der Waals surface area contributed by atoms with Crippen molar-refractivity contribution in [3.63, 3.8) is 0 Å². The Kier molecular flexibility index (Phi) is 4.90. The van der Waals surface area contributed by atoms with Crippen LogP contribution in [-0.2, 0) is 6.54 Å². The van der Waals surface area contributed by atoms with E-state index in [2.05, 4.69) is 34.7 Å². The number of fused-ring (bicyclic) bond motifs is 1. The van der Waals surface area contributed by atoms with Gasteiger partial charge in [-0.15, -0.1) is 11.3 Å². The molecule has 1 aliphatic heterocycles. The van der Waals surface area contributed by atoms with Gasteiger partial charge in [-0.3, -0.25) is 0 Å². The van der Waals surface area contributed by atoms with Gasteiger partial charge in [-0.25, -0.2) is 4.98 Å². The molecule has 0 aliphatic carbocycles. The quantitative estimate of drug-likeness (QED) is 0.695. The highest BCUT2D eigenvalue weighted by atomic mass is 35.5. The average Bonchev–Trinajstić information content (AvgIpc) is 3.05. The number of hydrogen-bond donors (Lipinski definition) is 3. The summed E-state index contributed by atoms with van der Waals surface area (Å²) in [6.45, 7) is 4.86. The third-order valence-electron chi connectivity index (χ3n) is 4.08. The molecule has 2 unspecified atom stereocenters. The van der Waals surface area contributed by atoms with Gasteiger partial charge in [-0.1, -0.05) is 36.4 Å². The van der Waals surface area contributed by atoms with Crippen LogP contribution in [0.2, 0.25) is 5.15 Å². The first-order valence-electron chi connectivity index (χ1n) is 7.59. The first-order valence-corrected chi connectivity index (χ1v) is 9.66. The third-order valence-corrected chi connectivity index (χ3v) is 6.68. The number of aromatic nitrogens is 1. The summed E-state index contributed by atoms with van der Waals surface area (Å²) < 4.78 is 0. The Morgan fingerprint density at radius 1 is 1.52 bits per heavy atom. The first kappa shape index (κ1) is 17.0. The van der Waals surface area contributed by atoms with Crippen LogP contribution in [0.1, 0.15) is 36.8 Å². The van der Waals surface area contributed by atoms with Gasteiger partial charge in [0.15, 0.2) is 0 Å². The van der Waals surface area contributed by atoms with E-state index < -0.39 is 4.87 Å². The van der Waals surface area contributed by atoms with Crippen LogP contribution in [0, 0.1) is 0 Å². The van der Waals surface area contributed by atoms with E-state index in [1.54, 1.807) is 23.1 Å². The van der Waals surface area contributed by atoms with Crippen LogP contribution in [0.5, 0.6) is 0 Å². The highest BCUT2D eigenvalue weighted by Gasteiger charge is 2.44. The molecule has 5 N–H and O–H groups in total. The number of hydrogen-bond acceptors (Lipinski definition) is 6. The number of thiophene rings is 1. The maximum Gasteiger partial charge on any atom is 0.131 e. The molecule has 1 aliphatic rings. The summed E-state index contributed by atoms with van der Waals surface area (Å²) in [5.74, 6) is 0.106. The van der Waals surface area contributed by atoms with Gasteiger partial charge in [0.25, 0.3) is 0 Å². The lowest BCUT2D eigenvalue weighted by atomic mass is 9.93. The van der Waals surface area contributed by atoms with E-state index in [9.17, 15) is 0 Å². The smallest absolute Gasteiger partial charge is 0.131 e. The summed E-state index contributed by atoms with van der Waals surface area (Å²) in [4.78, 5) is 6.47. The zero-order valence-electron chi connectivity index (χ0n) is 13.2. The van der Waals surface area contributed by atoms with Crippen molar-refractivity contribution in [1.29, 1.82) is 0 Å². The molecule has 4 nitrogen and oxygen atoms in total. The van der Waals surface area contributed by atoms with Crippen molar-refractivity contribution in [1.82, 2.24) is 4.98 Å². The highest BCUT2D eigenvalue weighted by molar-refractivity contribution is 8.01. The fraction of sp³-hybridized carbons (Fsp3) is 0.438. The molecule has 3 rings (SSSR count). The summed E-state index contributed by atoms with van der Waals surface area (Å²) in [5, 5.41) is 6.05. The fourth-order valence-corrected chi connectivity index (χ4v) is 5.31. The van der Waals surface area contributed by atoms with Gasteiger partial charge in [0.1, 0.15) is 5.15 Å². The van der Waals surface area contributed by atoms with E-state index in [4.69, 9.17) is 23.1 Å². The van der Waals surface area contributed by atoms with Crippen molar-refractivity contribution in [3.8, 4) is 0 Å². The monoisotopic (exact) mass is 368 g/mol. The van der Waals surface area contributed by atoms with Crippen LogP contribution in [0.4, 0.5) is 5.69 Å². The second-order valence-corrected chi connectivity index (χ2v) is 8.89. The molecule has 23 heavy (non-hydrogen) atoms. The molecule has 0 spiro atoms. The van der Waals surface area contributed by atoms with Gasteiger partial charge in [0, 0.05) is 23.4 Å². The van der Waals surface area contributed by atoms with Gasteiger partial charge in [-0.05, 0) is 30.9 Å². The zero-order valence-corrected chi connectivity index (χ0v) is 15.6. The van der Waals surface area contributed by atoms with Gasteiger partial charge in [0.05, 0.1) is 21.1 Å². The summed E-state index contributed by atoms with van der Waals surface area (Å²) in [7, 11) is 0. The van der Waals surface area contributed by atoms with E-state index in [0.717, 1.165) is 29.2 Å². The number of nitrogens with zero attached hydrogens (tertiary/aromatic N) is 1. The molecular formula is C16H21ClN4S2. The summed E-state index contributed by atoms with van der Waals surface area (Å²) >= 11 is 9.62. The number of nitrogens with two attached hydrogens (primary N) is 2. The van der Waals surface area contributed by atoms with Gasteiger partial charge in [0.2, 0.25) is 0 Å². The molecule has 0 aromatic carbocycles. The van der Waals surface area contributed by atoms with Crippen molar-refractivity contribution >= 4 is 40.4 Å². The van der Waals surface area contributed by atoms with E-state index in [-0.39, 0.29) is 12.0 Å². The van der Waals surface area contributed by atoms with Gasteiger partial charge < -0.3 is 16.8 Å². The Morgan fingerprint density at radius 3 is 2.96 bits per heavy atom. The molecule has 0 saturated carbocycles.